The number of carbonyl (C=O) groups is 1. The van der Waals surface area contributed by atoms with Gasteiger partial charge in [0.15, 0.2) is 6.54 Å². The molecule has 0 aromatic heterocycles. The fourth-order valence-electron chi connectivity index (χ4n) is 3.34. The van der Waals surface area contributed by atoms with Gasteiger partial charge >= 0.3 is 0 Å². The van der Waals surface area contributed by atoms with E-state index in [0.717, 1.165) is 13.1 Å². The Bertz CT molecular complexity index is 743. The Morgan fingerprint density at radius 3 is 2.28 bits per heavy atom. The zero-order valence-electron chi connectivity index (χ0n) is 13.9. The van der Waals surface area contributed by atoms with E-state index in [4.69, 9.17) is 23.2 Å². The molecule has 1 aromatic carbocycles. The summed E-state index contributed by atoms with van der Waals surface area (Å²) < 4.78 is 26.8. The highest BCUT2D eigenvalue weighted by molar-refractivity contribution is 7.89. The van der Waals surface area contributed by atoms with E-state index in [1.165, 1.54) is 40.2 Å². The van der Waals surface area contributed by atoms with Gasteiger partial charge in [-0.15, -0.1) is 0 Å². The Morgan fingerprint density at radius 1 is 1.04 bits per heavy atom. The zero-order chi connectivity index (χ0) is 18.0. The van der Waals surface area contributed by atoms with Gasteiger partial charge in [-0.3, -0.25) is 4.79 Å². The molecule has 1 amide bonds. The van der Waals surface area contributed by atoms with E-state index in [1.54, 1.807) is 4.90 Å². The van der Waals surface area contributed by atoms with Gasteiger partial charge in [0.25, 0.3) is 5.91 Å². The van der Waals surface area contributed by atoms with Crippen molar-refractivity contribution in [2.45, 2.75) is 17.7 Å². The molecule has 2 fully saturated rings. The second kappa shape index (κ2) is 7.80. The molecule has 1 aromatic rings. The normalized spacial score (nSPS) is 20.2. The summed E-state index contributed by atoms with van der Waals surface area (Å²) in [5.74, 6) is 0.114. The number of halogens is 2. The van der Waals surface area contributed by atoms with Crippen LogP contribution < -0.4 is 4.90 Å². The number of piperazine rings is 1. The zero-order valence-corrected chi connectivity index (χ0v) is 16.2. The Kier molecular flexibility index (Phi) is 5.90. The summed E-state index contributed by atoms with van der Waals surface area (Å²) in [4.78, 5) is 15.6. The number of nitrogens with zero attached hydrogens (tertiary/aromatic N) is 2. The largest absolute Gasteiger partial charge is 0.335 e. The average molecular weight is 407 g/mol. The number of sulfonamides is 1. The summed E-state index contributed by atoms with van der Waals surface area (Å²) >= 11 is 11.8. The van der Waals surface area contributed by atoms with Crippen molar-refractivity contribution >= 4 is 39.1 Å². The van der Waals surface area contributed by atoms with Crippen LogP contribution in [0.15, 0.2) is 23.1 Å². The minimum absolute atomic E-state index is 0.114. The molecule has 0 bridgehead atoms. The molecule has 2 aliphatic rings. The standard InChI is InChI=1S/C16H21Cl2N3O3S/c17-14-4-3-13(11-15(14)18)25(23,24)21-9-7-20(8-10-21)16(22)12-19-5-1-2-6-19/h3-4,11H,1-2,5-10,12H2/p+1. The molecule has 0 aliphatic carbocycles. The van der Waals surface area contributed by atoms with Crippen LogP contribution in [0.2, 0.25) is 10.0 Å². The molecule has 0 spiro atoms. The summed E-state index contributed by atoms with van der Waals surface area (Å²) in [5.41, 5.74) is 0. The Morgan fingerprint density at radius 2 is 1.68 bits per heavy atom. The minimum Gasteiger partial charge on any atom is -0.335 e. The molecule has 3 rings (SSSR count). The molecular formula is C16H22Cl2N3O3S+. The van der Waals surface area contributed by atoms with Gasteiger partial charge in [0, 0.05) is 39.0 Å². The van der Waals surface area contributed by atoms with Crippen LogP contribution >= 0.6 is 23.2 Å². The highest BCUT2D eigenvalue weighted by atomic mass is 35.5. The number of carbonyl (C=O) groups excluding carboxylic acids is 1. The van der Waals surface area contributed by atoms with Crippen molar-refractivity contribution in [3.8, 4) is 0 Å². The number of hydrogen-bond donors (Lipinski definition) is 1. The smallest absolute Gasteiger partial charge is 0.277 e. The lowest BCUT2D eigenvalue weighted by atomic mass is 10.3. The van der Waals surface area contributed by atoms with Crippen LogP contribution in [0, 0.1) is 0 Å². The molecular weight excluding hydrogens is 385 g/mol. The van der Waals surface area contributed by atoms with Crippen molar-refractivity contribution in [1.82, 2.24) is 9.21 Å². The molecule has 2 saturated heterocycles. The molecule has 25 heavy (non-hydrogen) atoms. The molecule has 0 radical (unpaired) electrons. The summed E-state index contributed by atoms with van der Waals surface area (Å²) in [6.45, 7) is 4.06. The van der Waals surface area contributed by atoms with Gasteiger partial charge in [-0.1, -0.05) is 23.2 Å². The van der Waals surface area contributed by atoms with Crippen molar-refractivity contribution in [1.29, 1.82) is 0 Å². The van der Waals surface area contributed by atoms with Gasteiger partial charge in [-0.05, 0) is 18.2 Å². The predicted molar refractivity (Wildman–Crippen MR) is 96.6 cm³/mol. The Hall–Kier alpha value is -0.860. The van der Waals surface area contributed by atoms with E-state index in [9.17, 15) is 13.2 Å². The second-order valence-corrected chi connectivity index (χ2v) is 9.25. The van der Waals surface area contributed by atoms with E-state index >= 15 is 0 Å². The van der Waals surface area contributed by atoms with Crippen LogP contribution in [0.4, 0.5) is 0 Å². The van der Waals surface area contributed by atoms with Crippen LogP contribution in [0.3, 0.4) is 0 Å². The van der Waals surface area contributed by atoms with E-state index in [1.807, 2.05) is 0 Å². The van der Waals surface area contributed by atoms with Crippen molar-refractivity contribution in [3.05, 3.63) is 28.2 Å². The quantitative estimate of drug-likeness (QED) is 0.791. The molecule has 6 nitrogen and oxygen atoms in total. The summed E-state index contributed by atoms with van der Waals surface area (Å²) in [5, 5.41) is 0.533. The predicted octanol–water partition coefficient (Wildman–Crippen LogP) is 0.505. The maximum absolute atomic E-state index is 12.7. The van der Waals surface area contributed by atoms with Crippen LogP contribution in [0.1, 0.15) is 12.8 Å². The van der Waals surface area contributed by atoms with Crippen molar-refractivity contribution in [2.75, 3.05) is 45.8 Å². The van der Waals surface area contributed by atoms with Crippen LogP contribution in [0.25, 0.3) is 0 Å². The van der Waals surface area contributed by atoms with Gasteiger partial charge in [-0.25, -0.2) is 8.42 Å². The highest BCUT2D eigenvalue weighted by Crippen LogP contribution is 2.27. The van der Waals surface area contributed by atoms with E-state index in [-0.39, 0.29) is 15.8 Å². The topological polar surface area (TPSA) is 62.1 Å². The fourth-order valence-corrected chi connectivity index (χ4v) is 5.15. The monoisotopic (exact) mass is 406 g/mol. The lowest BCUT2D eigenvalue weighted by Crippen LogP contribution is -3.11. The van der Waals surface area contributed by atoms with Crippen molar-refractivity contribution < 1.29 is 18.1 Å². The number of hydrogen-bond acceptors (Lipinski definition) is 3. The lowest BCUT2D eigenvalue weighted by molar-refractivity contribution is -0.879. The van der Waals surface area contributed by atoms with Crippen molar-refractivity contribution in [2.24, 2.45) is 0 Å². The van der Waals surface area contributed by atoms with Crippen LogP contribution in [-0.4, -0.2) is 69.3 Å². The minimum atomic E-state index is -3.63. The Balaban J connectivity index is 1.60. The van der Waals surface area contributed by atoms with Gasteiger partial charge < -0.3 is 9.80 Å². The maximum Gasteiger partial charge on any atom is 0.277 e. The maximum atomic E-state index is 12.7. The highest BCUT2D eigenvalue weighted by Gasteiger charge is 2.31. The third-order valence-corrected chi connectivity index (χ3v) is 7.47. The van der Waals surface area contributed by atoms with Crippen LogP contribution in [-0.2, 0) is 14.8 Å². The number of rotatable bonds is 4. The number of benzene rings is 1. The van der Waals surface area contributed by atoms with Gasteiger partial charge in [0.1, 0.15) is 0 Å². The number of likely N-dealkylation sites (tertiary alicyclic amines) is 1. The molecule has 2 aliphatic heterocycles. The molecule has 138 valence electrons. The summed E-state index contributed by atoms with van der Waals surface area (Å²) in [7, 11) is -3.63. The SMILES string of the molecule is O=C(C[NH+]1CCCC1)N1CCN(S(=O)(=O)c2ccc(Cl)c(Cl)c2)CC1. The van der Waals surface area contributed by atoms with Gasteiger partial charge in [0.05, 0.1) is 28.0 Å². The first-order valence-corrected chi connectivity index (χ1v) is 10.6. The Labute approximate surface area is 158 Å². The van der Waals surface area contributed by atoms with Crippen molar-refractivity contribution in [3.63, 3.8) is 0 Å². The molecule has 1 N–H and O–H groups in total. The molecule has 0 saturated carbocycles. The summed E-state index contributed by atoms with van der Waals surface area (Å²) in [6, 6.07) is 4.31. The van der Waals surface area contributed by atoms with Gasteiger partial charge in [-0.2, -0.15) is 4.31 Å². The van der Waals surface area contributed by atoms with Crippen LogP contribution in [0.5, 0.6) is 0 Å². The second-order valence-electron chi connectivity index (χ2n) is 6.49. The first kappa shape index (κ1) is 18.9. The van der Waals surface area contributed by atoms with Gasteiger partial charge in [0.2, 0.25) is 10.0 Å². The number of nitrogens with one attached hydrogen (secondary N) is 1. The first-order valence-electron chi connectivity index (χ1n) is 8.44. The molecule has 2 heterocycles. The fraction of sp³-hybridized carbons (Fsp3) is 0.562. The molecule has 0 unspecified atom stereocenters. The third-order valence-electron chi connectivity index (χ3n) is 4.83. The van der Waals surface area contributed by atoms with E-state index < -0.39 is 10.0 Å². The third kappa shape index (κ3) is 4.28. The number of amides is 1. The van der Waals surface area contributed by atoms with E-state index in [2.05, 4.69) is 0 Å². The number of quaternary nitrogens is 1. The molecule has 0 atom stereocenters. The molecule has 9 heteroatoms. The summed E-state index contributed by atoms with van der Waals surface area (Å²) in [6.07, 6.45) is 2.36. The van der Waals surface area contributed by atoms with E-state index in [0.29, 0.717) is 37.7 Å². The lowest BCUT2D eigenvalue weighted by Gasteiger charge is -2.34. The first-order chi connectivity index (χ1) is 11.9. The average Bonchev–Trinajstić information content (AvgIpc) is 3.10.